The molecule has 124 valence electrons. The van der Waals surface area contributed by atoms with Gasteiger partial charge in [-0.1, -0.05) is 40.5 Å². The summed E-state index contributed by atoms with van der Waals surface area (Å²) in [5.41, 5.74) is 0.463. The number of nitrogens with zero attached hydrogens (tertiary/aromatic N) is 1. The van der Waals surface area contributed by atoms with Crippen LogP contribution in [0.2, 0.25) is 0 Å². The molecule has 0 radical (unpaired) electrons. The molecule has 2 atom stereocenters. The molecule has 0 aromatic carbocycles. The number of hydrogen-bond acceptors (Lipinski definition) is 2. The summed E-state index contributed by atoms with van der Waals surface area (Å²) in [6, 6.07) is 0.841. The molecule has 21 heavy (non-hydrogen) atoms. The van der Waals surface area contributed by atoms with E-state index < -0.39 is 0 Å². The van der Waals surface area contributed by atoms with E-state index in [2.05, 4.69) is 37.9 Å². The van der Waals surface area contributed by atoms with Gasteiger partial charge in [0.15, 0.2) is 0 Å². The van der Waals surface area contributed by atoms with Crippen molar-refractivity contribution in [3.05, 3.63) is 0 Å². The van der Waals surface area contributed by atoms with Crippen molar-refractivity contribution in [3.63, 3.8) is 0 Å². The Kier molecular flexibility index (Phi) is 6.55. The molecule has 1 saturated carbocycles. The van der Waals surface area contributed by atoms with Gasteiger partial charge in [-0.2, -0.15) is 0 Å². The first-order valence-electron chi connectivity index (χ1n) is 9.47. The van der Waals surface area contributed by atoms with E-state index in [1.807, 2.05) is 0 Å². The van der Waals surface area contributed by atoms with Crippen LogP contribution in [0.5, 0.6) is 0 Å². The summed E-state index contributed by atoms with van der Waals surface area (Å²) in [6.45, 7) is 14.9. The molecule has 1 aliphatic heterocycles. The molecule has 2 fully saturated rings. The molecule has 2 heteroatoms. The zero-order valence-electron chi connectivity index (χ0n) is 15.0. The van der Waals surface area contributed by atoms with Crippen LogP contribution >= 0.6 is 0 Å². The average molecular weight is 295 g/mol. The quantitative estimate of drug-likeness (QED) is 0.813. The number of nitrogens with one attached hydrogen (secondary N) is 1. The molecule has 2 aliphatic rings. The van der Waals surface area contributed by atoms with Crippen LogP contribution in [-0.4, -0.2) is 37.1 Å². The van der Waals surface area contributed by atoms with Gasteiger partial charge in [-0.05, 0) is 69.0 Å². The zero-order chi connectivity index (χ0) is 15.3. The molecule has 0 aromatic heterocycles. The average Bonchev–Trinajstić information content (AvgIpc) is 2.47. The fourth-order valence-electron chi connectivity index (χ4n) is 4.63. The highest BCUT2D eigenvalue weighted by atomic mass is 15.2. The highest BCUT2D eigenvalue weighted by Gasteiger charge is 2.37. The highest BCUT2D eigenvalue weighted by molar-refractivity contribution is 4.90. The molecule has 0 amide bonds. The molecule has 1 N–H and O–H groups in total. The first kappa shape index (κ1) is 17.3. The van der Waals surface area contributed by atoms with Gasteiger partial charge in [0.25, 0.3) is 0 Å². The maximum atomic E-state index is 3.51. The van der Waals surface area contributed by atoms with Crippen LogP contribution < -0.4 is 5.32 Å². The second kappa shape index (κ2) is 7.97. The molecule has 1 aliphatic carbocycles. The monoisotopic (exact) mass is 294 g/mol. The smallest absolute Gasteiger partial charge is 0.0129 e. The van der Waals surface area contributed by atoms with Gasteiger partial charge < -0.3 is 5.32 Å². The molecular weight excluding hydrogens is 256 g/mol. The van der Waals surface area contributed by atoms with Crippen LogP contribution in [0.25, 0.3) is 0 Å². The van der Waals surface area contributed by atoms with E-state index in [0.717, 1.165) is 17.9 Å². The Bertz CT molecular complexity index is 288. The summed E-state index contributed by atoms with van der Waals surface area (Å²) in [5.74, 6) is 1.82. The number of rotatable bonds is 5. The standard InChI is InChI=1S/C19H38N2/c1-5-14-21(15-16-10-12-20-13-11-16)18-9-7-6-8-17(18)19(2,3)4/h16-18,20H,5-15H2,1-4H3. The Balaban J connectivity index is 2.03. The van der Waals surface area contributed by atoms with Gasteiger partial charge in [0, 0.05) is 12.6 Å². The van der Waals surface area contributed by atoms with Crippen molar-refractivity contribution in [2.75, 3.05) is 26.2 Å². The second-order valence-electron chi connectivity index (χ2n) is 8.51. The lowest BCUT2D eigenvalue weighted by Gasteiger charge is -2.47. The SMILES string of the molecule is CCCN(CC1CCNCC1)C1CCCCC1C(C)(C)C. The van der Waals surface area contributed by atoms with E-state index in [-0.39, 0.29) is 0 Å². The normalized spacial score (nSPS) is 29.0. The number of piperidine rings is 1. The van der Waals surface area contributed by atoms with E-state index in [0.29, 0.717) is 5.41 Å². The van der Waals surface area contributed by atoms with E-state index in [1.165, 1.54) is 71.1 Å². The first-order valence-corrected chi connectivity index (χ1v) is 9.47. The largest absolute Gasteiger partial charge is 0.317 e. The molecule has 0 aromatic rings. The third kappa shape index (κ3) is 4.96. The zero-order valence-corrected chi connectivity index (χ0v) is 15.0. The lowest BCUT2D eigenvalue weighted by atomic mass is 9.69. The summed E-state index contributed by atoms with van der Waals surface area (Å²) in [6.07, 6.45) is 9.85. The Labute approximate surface area is 133 Å². The van der Waals surface area contributed by atoms with E-state index >= 15 is 0 Å². The Morgan fingerprint density at radius 1 is 1.00 bits per heavy atom. The summed E-state index contributed by atoms with van der Waals surface area (Å²) in [7, 11) is 0. The first-order chi connectivity index (χ1) is 10.0. The van der Waals surface area contributed by atoms with Crippen molar-refractivity contribution in [1.82, 2.24) is 10.2 Å². The Morgan fingerprint density at radius 3 is 2.29 bits per heavy atom. The maximum Gasteiger partial charge on any atom is 0.0129 e. The summed E-state index contributed by atoms with van der Waals surface area (Å²) in [4.78, 5) is 2.89. The van der Waals surface area contributed by atoms with Gasteiger partial charge in [-0.3, -0.25) is 4.90 Å². The molecule has 2 nitrogen and oxygen atoms in total. The fourth-order valence-corrected chi connectivity index (χ4v) is 4.63. The molecule has 2 rings (SSSR count). The van der Waals surface area contributed by atoms with Crippen LogP contribution in [0.3, 0.4) is 0 Å². The van der Waals surface area contributed by atoms with Gasteiger partial charge in [-0.25, -0.2) is 0 Å². The topological polar surface area (TPSA) is 15.3 Å². The Morgan fingerprint density at radius 2 is 1.67 bits per heavy atom. The van der Waals surface area contributed by atoms with Crippen LogP contribution in [-0.2, 0) is 0 Å². The van der Waals surface area contributed by atoms with E-state index in [4.69, 9.17) is 0 Å². The third-order valence-corrected chi connectivity index (χ3v) is 5.77. The van der Waals surface area contributed by atoms with Gasteiger partial charge in [0.1, 0.15) is 0 Å². The van der Waals surface area contributed by atoms with Gasteiger partial charge in [0.2, 0.25) is 0 Å². The van der Waals surface area contributed by atoms with Crippen LogP contribution in [0.1, 0.15) is 72.6 Å². The second-order valence-corrected chi connectivity index (χ2v) is 8.51. The lowest BCUT2D eigenvalue weighted by Crippen LogP contribution is -2.49. The molecule has 1 saturated heterocycles. The van der Waals surface area contributed by atoms with Crippen LogP contribution in [0.4, 0.5) is 0 Å². The molecule has 0 spiro atoms. The van der Waals surface area contributed by atoms with Crippen molar-refractivity contribution in [1.29, 1.82) is 0 Å². The maximum absolute atomic E-state index is 3.51. The third-order valence-electron chi connectivity index (χ3n) is 5.77. The van der Waals surface area contributed by atoms with Crippen molar-refractivity contribution in [2.24, 2.45) is 17.3 Å². The minimum absolute atomic E-state index is 0.463. The van der Waals surface area contributed by atoms with Gasteiger partial charge in [0.05, 0.1) is 0 Å². The van der Waals surface area contributed by atoms with E-state index in [9.17, 15) is 0 Å². The summed E-state index contributed by atoms with van der Waals surface area (Å²) >= 11 is 0. The van der Waals surface area contributed by atoms with Crippen LogP contribution in [0.15, 0.2) is 0 Å². The van der Waals surface area contributed by atoms with Crippen molar-refractivity contribution in [3.8, 4) is 0 Å². The Hall–Kier alpha value is -0.0800. The number of hydrogen-bond donors (Lipinski definition) is 1. The predicted molar refractivity (Wildman–Crippen MR) is 92.7 cm³/mol. The minimum atomic E-state index is 0.463. The summed E-state index contributed by atoms with van der Waals surface area (Å²) < 4.78 is 0. The fraction of sp³-hybridized carbons (Fsp3) is 1.00. The van der Waals surface area contributed by atoms with Crippen LogP contribution in [0, 0.1) is 17.3 Å². The van der Waals surface area contributed by atoms with Gasteiger partial charge >= 0.3 is 0 Å². The lowest BCUT2D eigenvalue weighted by molar-refractivity contribution is 0.0290. The molecule has 1 heterocycles. The molecule has 2 unspecified atom stereocenters. The molecular formula is C19H38N2. The molecule has 0 bridgehead atoms. The summed E-state index contributed by atoms with van der Waals surface area (Å²) in [5, 5.41) is 3.51. The van der Waals surface area contributed by atoms with E-state index in [1.54, 1.807) is 0 Å². The minimum Gasteiger partial charge on any atom is -0.317 e. The van der Waals surface area contributed by atoms with Gasteiger partial charge in [-0.15, -0.1) is 0 Å². The highest BCUT2D eigenvalue weighted by Crippen LogP contribution is 2.40. The van der Waals surface area contributed by atoms with Crippen molar-refractivity contribution in [2.45, 2.75) is 78.7 Å². The predicted octanol–water partition coefficient (Wildman–Crippen LogP) is 4.30. The van der Waals surface area contributed by atoms with Crippen molar-refractivity contribution >= 4 is 0 Å². The van der Waals surface area contributed by atoms with Crippen molar-refractivity contribution < 1.29 is 0 Å².